The van der Waals surface area contributed by atoms with Crippen molar-refractivity contribution >= 4 is 5.91 Å². The van der Waals surface area contributed by atoms with Crippen LogP contribution in [0, 0.1) is 12.8 Å². The quantitative estimate of drug-likeness (QED) is 0.838. The predicted octanol–water partition coefficient (Wildman–Crippen LogP) is 2.89. The third-order valence-corrected chi connectivity index (χ3v) is 3.98. The van der Waals surface area contributed by atoms with Gasteiger partial charge in [-0.05, 0) is 20.8 Å². The van der Waals surface area contributed by atoms with Gasteiger partial charge in [0, 0.05) is 37.2 Å². The van der Waals surface area contributed by atoms with E-state index in [9.17, 15) is 13.6 Å². The largest absolute Gasteiger partial charge is 0.338 e. The van der Waals surface area contributed by atoms with Gasteiger partial charge in [0.2, 0.25) is 0 Å². The lowest BCUT2D eigenvalue weighted by molar-refractivity contribution is -0.0921. The van der Waals surface area contributed by atoms with E-state index in [2.05, 4.69) is 5.10 Å². The minimum absolute atomic E-state index is 0.0954. The van der Waals surface area contributed by atoms with Crippen LogP contribution in [0.25, 0.3) is 0 Å². The first-order chi connectivity index (χ1) is 9.24. The second-order valence-corrected chi connectivity index (χ2v) is 5.85. The Morgan fingerprint density at radius 3 is 2.65 bits per heavy atom. The highest BCUT2D eigenvalue weighted by molar-refractivity contribution is 5.95. The summed E-state index contributed by atoms with van der Waals surface area (Å²) in [5, 5.41) is 4.20. The molecule has 112 valence electrons. The van der Waals surface area contributed by atoms with Gasteiger partial charge in [-0.1, -0.05) is 6.92 Å². The minimum atomic E-state index is -2.67. The molecule has 0 spiro atoms. The number of alkyl halides is 2. The van der Waals surface area contributed by atoms with Gasteiger partial charge >= 0.3 is 0 Å². The van der Waals surface area contributed by atoms with Crippen molar-refractivity contribution in [2.75, 3.05) is 13.1 Å². The highest BCUT2D eigenvalue weighted by atomic mass is 19.3. The Morgan fingerprint density at radius 1 is 1.50 bits per heavy atom. The molecule has 2 heterocycles. The van der Waals surface area contributed by atoms with Crippen molar-refractivity contribution in [1.29, 1.82) is 0 Å². The molecule has 0 saturated carbocycles. The van der Waals surface area contributed by atoms with Gasteiger partial charge in [0.1, 0.15) is 0 Å². The first-order valence-electron chi connectivity index (χ1n) is 6.95. The van der Waals surface area contributed by atoms with Crippen LogP contribution in [-0.4, -0.2) is 39.6 Å². The molecule has 0 bridgehead atoms. The van der Waals surface area contributed by atoms with Crippen LogP contribution in [0.4, 0.5) is 8.78 Å². The van der Waals surface area contributed by atoms with E-state index < -0.39 is 11.8 Å². The zero-order valence-corrected chi connectivity index (χ0v) is 12.4. The van der Waals surface area contributed by atoms with E-state index in [0.29, 0.717) is 5.56 Å². The van der Waals surface area contributed by atoms with Gasteiger partial charge in [-0.2, -0.15) is 5.10 Å². The van der Waals surface area contributed by atoms with Gasteiger partial charge in [-0.3, -0.25) is 9.48 Å². The number of rotatable bonds is 2. The Bertz CT molecular complexity index is 511. The molecular weight excluding hydrogens is 264 g/mol. The molecule has 2 rings (SSSR count). The number of likely N-dealkylation sites (tertiary alicyclic amines) is 1. The second-order valence-electron chi connectivity index (χ2n) is 5.85. The van der Waals surface area contributed by atoms with Crippen molar-refractivity contribution in [1.82, 2.24) is 14.7 Å². The topological polar surface area (TPSA) is 38.1 Å². The fraction of sp³-hybridized carbons (Fsp3) is 0.714. The fourth-order valence-corrected chi connectivity index (χ4v) is 2.59. The van der Waals surface area contributed by atoms with Crippen LogP contribution in [0.2, 0.25) is 0 Å². The number of hydrogen-bond donors (Lipinski definition) is 0. The van der Waals surface area contributed by atoms with Crippen molar-refractivity contribution < 1.29 is 13.6 Å². The second kappa shape index (κ2) is 5.14. The zero-order chi connectivity index (χ0) is 15.1. The lowest BCUT2D eigenvalue weighted by Gasteiger charge is -2.36. The molecule has 1 saturated heterocycles. The summed E-state index contributed by atoms with van der Waals surface area (Å²) in [6.07, 6.45) is 1.27. The molecule has 1 amide bonds. The van der Waals surface area contributed by atoms with Gasteiger partial charge in [0.25, 0.3) is 11.8 Å². The fourth-order valence-electron chi connectivity index (χ4n) is 2.59. The minimum Gasteiger partial charge on any atom is -0.338 e. The van der Waals surface area contributed by atoms with Crippen LogP contribution in [0.5, 0.6) is 0 Å². The molecule has 1 aliphatic heterocycles. The van der Waals surface area contributed by atoms with Crippen LogP contribution in [0.1, 0.15) is 49.3 Å². The summed E-state index contributed by atoms with van der Waals surface area (Å²) in [6.45, 7) is 7.49. The van der Waals surface area contributed by atoms with E-state index in [1.807, 2.05) is 20.8 Å². The van der Waals surface area contributed by atoms with E-state index in [0.717, 1.165) is 5.69 Å². The number of carbonyl (C=O) groups excluding carboxylic acids is 1. The summed E-state index contributed by atoms with van der Waals surface area (Å²) < 4.78 is 28.7. The number of nitrogens with zero attached hydrogens (tertiary/aromatic N) is 3. The van der Waals surface area contributed by atoms with Gasteiger partial charge in [-0.25, -0.2) is 8.78 Å². The summed E-state index contributed by atoms with van der Waals surface area (Å²) in [4.78, 5) is 14.0. The van der Waals surface area contributed by atoms with Crippen molar-refractivity contribution in [2.24, 2.45) is 5.92 Å². The van der Waals surface area contributed by atoms with Gasteiger partial charge in [0.05, 0.1) is 11.8 Å². The van der Waals surface area contributed by atoms with E-state index in [-0.39, 0.29) is 31.5 Å². The Balaban J connectivity index is 2.17. The Hall–Kier alpha value is -1.46. The maximum atomic E-state index is 13.5. The average Bonchev–Trinajstić information content (AvgIpc) is 2.74. The third kappa shape index (κ3) is 2.55. The number of carbonyl (C=O) groups is 1. The van der Waals surface area contributed by atoms with Gasteiger partial charge in [0.15, 0.2) is 0 Å². The van der Waals surface area contributed by atoms with Crippen molar-refractivity contribution in [2.45, 2.75) is 46.1 Å². The first-order valence-corrected chi connectivity index (χ1v) is 6.95. The molecule has 1 atom stereocenters. The van der Waals surface area contributed by atoms with Crippen molar-refractivity contribution in [3.8, 4) is 0 Å². The predicted molar refractivity (Wildman–Crippen MR) is 72.0 cm³/mol. The molecule has 20 heavy (non-hydrogen) atoms. The van der Waals surface area contributed by atoms with E-state index in [4.69, 9.17) is 0 Å². The van der Waals surface area contributed by atoms with E-state index in [1.165, 1.54) is 18.0 Å². The molecule has 1 aromatic heterocycles. The monoisotopic (exact) mass is 285 g/mol. The normalized spacial score (nSPS) is 22.4. The van der Waals surface area contributed by atoms with Crippen LogP contribution >= 0.6 is 0 Å². The standard InChI is InChI=1S/C14H21F2N3O/c1-9(2)19-11(4)12(7-17-19)13(20)18-6-5-14(15,16)10(3)8-18/h7,9-10H,5-6,8H2,1-4H3. The molecule has 4 nitrogen and oxygen atoms in total. The average molecular weight is 285 g/mol. The molecule has 1 unspecified atom stereocenters. The lowest BCUT2D eigenvalue weighted by Crippen LogP contribution is -2.48. The third-order valence-electron chi connectivity index (χ3n) is 3.98. The maximum Gasteiger partial charge on any atom is 0.257 e. The van der Waals surface area contributed by atoms with Gasteiger partial charge < -0.3 is 4.90 Å². The molecule has 0 radical (unpaired) electrons. The number of aromatic nitrogens is 2. The molecule has 1 fully saturated rings. The molecule has 1 aromatic rings. The molecule has 0 aliphatic carbocycles. The summed E-state index contributed by atoms with van der Waals surface area (Å²) in [7, 11) is 0. The molecule has 6 heteroatoms. The van der Waals surface area contributed by atoms with Crippen LogP contribution < -0.4 is 0 Å². The smallest absolute Gasteiger partial charge is 0.257 e. The summed E-state index contributed by atoms with van der Waals surface area (Å²) in [5.74, 6) is -3.68. The number of halogens is 2. The summed E-state index contributed by atoms with van der Waals surface area (Å²) in [6, 6.07) is 0.168. The number of amides is 1. The molecule has 0 aromatic carbocycles. The van der Waals surface area contributed by atoms with Crippen LogP contribution in [-0.2, 0) is 0 Å². The lowest BCUT2D eigenvalue weighted by atomic mass is 9.95. The van der Waals surface area contributed by atoms with Crippen molar-refractivity contribution in [3.05, 3.63) is 17.5 Å². The van der Waals surface area contributed by atoms with Crippen LogP contribution in [0.3, 0.4) is 0 Å². The highest BCUT2D eigenvalue weighted by Gasteiger charge is 2.42. The zero-order valence-electron chi connectivity index (χ0n) is 12.4. The summed E-state index contributed by atoms with van der Waals surface area (Å²) in [5.41, 5.74) is 1.30. The molecule has 1 aliphatic rings. The number of hydrogen-bond acceptors (Lipinski definition) is 2. The van der Waals surface area contributed by atoms with Gasteiger partial charge in [-0.15, -0.1) is 0 Å². The molecular formula is C14H21F2N3O. The Labute approximate surface area is 117 Å². The Morgan fingerprint density at radius 2 is 2.15 bits per heavy atom. The maximum absolute atomic E-state index is 13.5. The summed E-state index contributed by atoms with van der Waals surface area (Å²) >= 11 is 0. The van der Waals surface area contributed by atoms with E-state index >= 15 is 0 Å². The van der Waals surface area contributed by atoms with Crippen LogP contribution in [0.15, 0.2) is 6.20 Å². The SMILES string of the molecule is Cc1c(C(=O)N2CCC(F)(F)C(C)C2)cnn1C(C)C. The van der Waals surface area contributed by atoms with Crippen molar-refractivity contribution in [3.63, 3.8) is 0 Å². The number of piperidine rings is 1. The van der Waals surface area contributed by atoms with E-state index in [1.54, 1.807) is 4.68 Å². The highest BCUT2D eigenvalue weighted by Crippen LogP contribution is 2.33. The Kier molecular flexibility index (Phi) is 3.84. The first kappa shape index (κ1) is 14.9. The molecule has 0 N–H and O–H groups in total.